The lowest BCUT2D eigenvalue weighted by molar-refractivity contribution is 0.575. The Morgan fingerprint density at radius 2 is 2.00 bits per heavy atom. The van der Waals surface area contributed by atoms with Crippen molar-refractivity contribution in [3.8, 4) is 6.07 Å². The van der Waals surface area contributed by atoms with Crippen molar-refractivity contribution in [1.82, 2.24) is 5.32 Å². The number of benzene rings is 1. The molecule has 2 atom stereocenters. The normalized spacial score (nSPS) is 27.3. The van der Waals surface area contributed by atoms with Crippen LogP contribution in [0.25, 0.3) is 5.57 Å². The van der Waals surface area contributed by atoms with E-state index in [1.165, 1.54) is 24.0 Å². The van der Waals surface area contributed by atoms with E-state index in [0.717, 1.165) is 12.0 Å². The number of hydrogen-bond acceptors (Lipinski definition) is 2. The van der Waals surface area contributed by atoms with Gasteiger partial charge in [0, 0.05) is 12.1 Å². The molecular formula is C14H14N2. The van der Waals surface area contributed by atoms with E-state index >= 15 is 0 Å². The zero-order valence-electron chi connectivity index (χ0n) is 9.11. The van der Waals surface area contributed by atoms with E-state index in [1.807, 2.05) is 12.1 Å². The van der Waals surface area contributed by atoms with Gasteiger partial charge >= 0.3 is 0 Å². The number of hydrogen-bond donors (Lipinski definition) is 1. The Kier molecular flexibility index (Phi) is 2.27. The minimum absolute atomic E-state index is 0.574. The molecule has 1 fully saturated rings. The first kappa shape index (κ1) is 9.62. The molecule has 0 aliphatic carbocycles. The molecule has 2 nitrogen and oxygen atoms in total. The van der Waals surface area contributed by atoms with E-state index in [2.05, 4.69) is 29.6 Å². The van der Waals surface area contributed by atoms with Crippen molar-refractivity contribution >= 4 is 5.57 Å². The second-order valence-electron chi connectivity index (χ2n) is 4.63. The van der Waals surface area contributed by atoms with Gasteiger partial charge in [0.1, 0.15) is 0 Å². The summed E-state index contributed by atoms with van der Waals surface area (Å²) in [7, 11) is 0. The van der Waals surface area contributed by atoms with Crippen molar-refractivity contribution < 1.29 is 0 Å². The number of fused-ring (bicyclic) bond motifs is 2. The van der Waals surface area contributed by atoms with Crippen molar-refractivity contribution in [3.05, 3.63) is 41.5 Å². The molecule has 0 aromatic heterocycles. The van der Waals surface area contributed by atoms with E-state index < -0.39 is 0 Å². The lowest BCUT2D eigenvalue weighted by Crippen LogP contribution is -2.31. The summed E-state index contributed by atoms with van der Waals surface area (Å²) in [6.45, 7) is 0. The maximum atomic E-state index is 8.76. The third-order valence-electron chi connectivity index (χ3n) is 3.53. The van der Waals surface area contributed by atoms with Gasteiger partial charge in [-0.15, -0.1) is 0 Å². The van der Waals surface area contributed by atoms with Crippen molar-refractivity contribution in [3.63, 3.8) is 0 Å². The van der Waals surface area contributed by atoms with Crippen LogP contribution in [0.15, 0.2) is 30.3 Å². The topological polar surface area (TPSA) is 35.8 Å². The Balaban J connectivity index is 1.90. The molecule has 2 unspecified atom stereocenters. The molecule has 1 aromatic rings. The highest BCUT2D eigenvalue weighted by Gasteiger charge is 2.27. The Morgan fingerprint density at radius 3 is 2.69 bits per heavy atom. The summed E-state index contributed by atoms with van der Waals surface area (Å²) in [5.74, 6) is 0. The fourth-order valence-electron chi connectivity index (χ4n) is 2.69. The van der Waals surface area contributed by atoms with Crippen molar-refractivity contribution in [1.29, 1.82) is 5.26 Å². The maximum Gasteiger partial charge on any atom is 0.0991 e. The SMILES string of the molecule is N#Cc1ccc(C2=CC3CCC(C2)N3)cc1. The van der Waals surface area contributed by atoms with Gasteiger partial charge in [-0.25, -0.2) is 0 Å². The summed E-state index contributed by atoms with van der Waals surface area (Å²) in [4.78, 5) is 0. The van der Waals surface area contributed by atoms with Gasteiger partial charge in [0.2, 0.25) is 0 Å². The third kappa shape index (κ3) is 1.64. The van der Waals surface area contributed by atoms with Crippen LogP contribution in [0.1, 0.15) is 30.4 Å². The predicted molar refractivity (Wildman–Crippen MR) is 63.7 cm³/mol. The summed E-state index contributed by atoms with van der Waals surface area (Å²) in [5.41, 5.74) is 3.45. The summed E-state index contributed by atoms with van der Waals surface area (Å²) < 4.78 is 0. The number of nitrogens with one attached hydrogen (secondary N) is 1. The first-order valence-corrected chi connectivity index (χ1v) is 5.82. The quantitative estimate of drug-likeness (QED) is 0.773. The highest BCUT2D eigenvalue weighted by atomic mass is 15.0. The molecule has 2 heteroatoms. The molecule has 2 heterocycles. The molecule has 1 aromatic carbocycles. The summed E-state index contributed by atoms with van der Waals surface area (Å²) >= 11 is 0. The van der Waals surface area contributed by atoms with Crippen LogP contribution in [0.5, 0.6) is 0 Å². The van der Waals surface area contributed by atoms with Crippen molar-refractivity contribution in [2.75, 3.05) is 0 Å². The first-order chi connectivity index (χ1) is 7.85. The van der Waals surface area contributed by atoms with E-state index in [4.69, 9.17) is 5.26 Å². The van der Waals surface area contributed by atoms with Gasteiger partial charge < -0.3 is 5.32 Å². The molecule has 2 bridgehead atoms. The second-order valence-corrected chi connectivity index (χ2v) is 4.63. The fourth-order valence-corrected chi connectivity index (χ4v) is 2.69. The lowest BCUT2D eigenvalue weighted by atomic mass is 9.95. The predicted octanol–water partition coefficient (Wildman–Crippen LogP) is 2.47. The first-order valence-electron chi connectivity index (χ1n) is 5.82. The highest BCUT2D eigenvalue weighted by molar-refractivity contribution is 5.68. The Hall–Kier alpha value is -1.59. The molecule has 0 saturated carbocycles. The molecule has 3 rings (SSSR count). The number of nitrogens with zero attached hydrogens (tertiary/aromatic N) is 1. The number of rotatable bonds is 1. The van der Waals surface area contributed by atoms with Crippen LogP contribution < -0.4 is 5.32 Å². The fraction of sp³-hybridized carbons (Fsp3) is 0.357. The smallest absolute Gasteiger partial charge is 0.0991 e. The highest BCUT2D eigenvalue weighted by Crippen LogP contribution is 2.31. The molecule has 0 radical (unpaired) electrons. The summed E-state index contributed by atoms with van der Waals surface area (Å²) in [5, 5.41) is 12.3. The van der Waals surface area contributed by atoms with Crippen LogP contribution in [-0.2, 0) is 0 Å². The van der Waals surface area contributed by atoms with Gasteiger partial charge in [0.05, 0.1) is 11.6 Å². The van der Waals surface area contributed by atoms with Gasteiger partial charge in [-0.2, -0.15) is 5.26 Å². The van der Waals surface area contributed by atoms with E-state index in [0.29, 0.717) is 12.1 Å². The molecule has 2 aliphatic rings. The maximum absolute atomic E-state index is 8.76. The van der Waals surface area contributed by atoms with Crippen molar-refractivity contribution in [2.45, 2.75) is 31.3 Å². The van der Waals surface area contributed by atoms with Gasteiger partial charge in [-0.1, -0.05) is 18.2 Å². The molecule has 2 aliphatic heterocycles. The molecule has 1 saturated heterocycles. The minimum Gasteiger partial charge on any atom is -0.307 e. The monoisotopic (exact) mass is 210 g/mol. The van der Waals surface area contributed by atoms with Crippen LogP contribution in [0.4, 0.5) is 0 Å². The Morgan fingerprint density at radius 1 is 1.19 bits per heavy atom. The van der Waals surface area contributed by atoms with Crippen LogP contribution in [0, 0.1) is 11.3 Å². The van der Waals surface area contributed by atoms with Gasteiger partial charge in [-0.3, -0.25) is 0 Å². The van der Waals surface area contributed by atoms with Crippen LogP contribution >= 0.6 is 0 Å². The van der Waals surface area contributed by atoms with E-state index in [9.17, 15) is 0 Å². The minimum atomic E-state index is 0.574. The van der Waals surface area contributed by atoms with Crippen molar-refractivity contribution in [2.24, 2.45) is 0 Å². The largest absolute Gasteiger partial charge is 0.307 e. The molecule has 1 N–H and O–H groups in total. The van der Waals surface area contributed by atoms with Gasteiger partial charge in [0.15, 0.2) is 0 Å². The average Bonchev–Trinajstić information content (AvgIpc) is 2.68. The molecule has 0 spiro atoms. The van der Waals surface area contributed by atoms with Crippen LogP contribution in [0.2, 0.25) is 0 Å². The van der Waals surface area contributed by atoms with Crippen LogP contribution in [0.3, 0.4) is 0 Å². The van der Waals surface area contributed by atoms with Crippen LogP contribution in [-0.4, -0.2) is 12.1 Å². The van der Waals surface area contributed by atoms with E-state index in [1.54, 1.807) is 0 Å². The standard InChI is InChI=1S/C14H14N2/c15-9-10-1-3-11(4-2-10)12-7-13-5-6-14(8-12)16-13/h1-4,7,13-14,16H,5-6,8H2. The number of nitriles is 1. The molecule has 0 amide bonds. The lowest BCUT2D eigenvalue weighted by Gasteiger charge is -2.21. The van der Waals surface area contributed by atoms with E-state index in [-0.39, 0.29) is 0 Å². The molecule has 16 heavy (non-hydrogen) atoms. The average molecular weight is 210 g/mol. The summed E-state index contributed by atoms with van der Waals surface area (Å²) in [6, 6.07) is 11.3. The second kappa shape index (κ2) is 3.77. The zero-order chi connectivity index (χ0) is 11.0. The Bertz CT molecular complexity index is 465. The van der Waals surface area contributed by atoms with Gasteiger partial charge in [0.25, 0.3) is 0 Å². The third-order valence-corrected chi connectivity index (χ3v) is 3.53. The van der Waals surface area contributed by atoms with Gasteiger partial charge in [-0.05, 0) is 42.5 Å². The summed E-state index contributed by atoms with van der Waals surface area (Å²) in [6.07, 6.45) is 6.04. The zero-order valence-corrected chi connectivity index (χ0v) is 9.11. The molecular weight excluding hydrogens is 196 g/mol. The Labute approximate surface area is 95.6 Å². The molecule has 80 valence electrons.